The third-order valence-corrected chi connectivity index (χ3v) is 3.04. The first-order valence-corrected chi connectivity index (χ1v) is 6.15. The number of hydrogen-bond donors (Lipinski definition) is 1. The van der Waals surface area contributed by atoms with E-state index < -0.39 is 0 Å². The lowest BCUT2D eigenvalue weighted by molar-refractivity contribution is 0.461. The molecule has 2 aromatic rings. The number of aryl methyl sites for hydroxylation is 1. The molecule has 0 saturated heterocycles. The number of nitrogens with zero attached hydrogens (tertiary/aromatic N) is 1. The minimum Gasteiger partial charge on any atom is -0.437 e. The standard InChI is InChI=1S/C13H12Cl2N2O/c1-8-9(7-16)2-5-13(17-8)18-12-6-10(14)3-4-11(12)15/h2-6H,7,16H2,1H3. The van der Waals surface area contributed by atoms with Crippen LogP contribution in [0.1, 0.15) is 11.3 Å². The van der Waals surface area contributed by atoms with Gasteiger partial charge in [-0.15, -0.1) is 0 Å². The highest BCUT2D eigenvalue weighted by Gasteiger charge is 2.06. The molecule has 18 heavy (non-hydrogen) atoms. The zero-order chi connectivity index (χ0) is 13.1. The lowest BCUT2D eigenvalue weighted by Gasteiger charge is -2.09. The van der Waals surface area contributed by atoms with Crippen molar-refractivity contribution in [3.63, 3.8) is 0 Å². The van der Waals surface area contributed by atoms with Crippen LogP contribution in [0.3, 0.4) is 0 Å². The molecule has 2 N–H and O–H groups in total. The second kappa shape index (κ2) is 5.57. The van der Waals surface area contributed by atoms with Crippen LogP contribution in [0.15, 0.2) is 30.3 Å². The molecule has 0 aliphatic rings. The molecule has 1 aromatic heterocycles. The smallest absolute Gasteiger partial charge is 0.219 e. The first-order chi connectivity index (χ1) is 8.60. The predicted octanol–water partition coefficient (Wildman–Crippen LogP) is 3.95. The van der Waals surface area contributed by atoms with Crippen molar-refractivity contribution in [2.45, 2.75) is 13.5 Å². The molecule has 0 unspecified atom stereocenters. The van der Waals surface area contributed by atoms with E-state index in [9.17, 15) is 0 Å². The molecule has 0 aliphatic heterocycles. The molecule has 1 aromatic carbocycles. The molecule has 94 valence electrons. The molecule has 0 fully saturated rings. The van der Waals surface area contributed by atoms with Gasteiger partial charge in [0.15, 0.2) is 0 Å². The third kappa shape index (κ3) is 2.93. The lowest BCUT2D eigenvalue weighted by Crippen LogP contribution is -2.01. The first kappa shape index (κ1) is 13.1. The number of hydrogen-bond acceptors (Lipinski definition) is 3. The summed E-state index contributed by atoms with van der Waals surface area (Å²) in [6.45, 7) is 2.34. The monoisotopic (exact) mass is 282 g/mol. The summed E-state index contributed by atoms with van der Waals surface area (Å²) in [7, 11) is 0. The van der Waals surface area contributed by atoms with Crippen molar-refractivity contribution in [3.05, 3.63) is 51.6 Å². The van der Waals surface area contributed by atoms with E-state index in [1.165, 1.54) is 0 Å². The Morgan fingerprint density at radius 3 is 2.67 bits per heavy atom. The van der Waals surface area contributed by atoms with E-state index in [2.05, 4.69) is 4.98 Å². The zero-order valence-corrected chi connectivity index (χ0v) is 11.3. The summed E-state index contributed by atoms with van der Waals surface area (Å²) in [4.78, 5) is 4.31. The van der Waals surface area contributed by atoms with E-state index in [1.54, 1.807) is 24.3 Å². The molecular weight excluding hydrogens is 271 g/mol. The van der Waals surface area contributed by atoms with Crippen LogP contribution in [0.25, 0.3) is 0 Å². The minimum absolute atomic E-state index is 0.455. The van der Waals surface area contributed by atoms with E-state index in [0.717, 1.165) is 11.3 Å². The summed E-state index contributed by atoms with van der Waals surface area (Å²) >= 11 is 11.9. The Bertz CT molecular complexity index is 573. The van der Waals surface area contributed by atoms with E-state index in [1.807, 2.05) is 13.0 Å². The molecule has 5 heteroatoms. The van der Waals surface area contributed by atoms with Crippen LogP contribution in [0.4, 0.5) is 0 Å². The average molecular weight is 283 g/mol. The van der Waals surface area contributed by atoms with Crippen LogP contribution >= 0.6 is 23.2 Å². The van der Waals surface area contributed by atoms with Gasteiger partial charge in [0.05, 0.1) is 5.02 Å². The molecule has 1 heterocycles. The summed E-state index contributed by atoms with van der Waals surface area (Å²) in [5.74, 6) is 0.949. The van der Waals surface area contributed by atoms with Gasteiger partial charge in [-0.05, 0) is 24.6 Å². The second-order valence-corrected chi connectivity index (χ2v) is 4.62. The summed E-state index contributed by atoms with van der Waals surface area (Å²) in [5, 5.41) is 1.05. The maximum Gasteiger partial charge on any atom is 0.219 e. The molecule has 0 spiro atoms. The van der Waals surface area contributed by atoms with Crippen molar-refractivity contribution in [3.8, 4) is 11.6 Å². The van der Waals surface area contributed by atoms with Crippen molar-refractivity contribution in [2.24, 2.45) is 5.73 Å². The van der Waals surface area contributed by atoms with Crippen LogP contribution in [0.2, 0.25) is 10.0 Å². The highest BCUT2D eigenvalue weighted by Crippen LogP contribution is 2.31. The van der Waals surface area contributed by atoms with Crippen molar-refractivity contribution in [1.82, 2.24) is 4.98 Å². The van der Waals surface area contributed by atoms with Gasteiger partial charge in [-0.3, -0.25) is 0 Å². The topological polar surface area (TPSA) is 48.1 Å². The van der Waals surface area contributed by atoms with Gasteiger partial charge in [-0.25, -0.2) is 4.98 Å². The Balaban J connectivity index is 2.28. The van der Waals surface area contributed by atoms with Gasteiger partial charge >= 0.3 is 0 Å². The summed E-state index contributed by atoms with van der Waals surface area (Å²) in [6, 6.07) is 8.67. The fourth-order valence-corrected chi connectivity index (χ4v) is 1.83. The van der Waals surface area contributed by atoms with Crippen molar-refractivity contribution >= 4 is 23.2 Å². The lowest BCUT2D eigenvalue weighted by atomic mass is 10.2. The SMILES string of the molecule is Cc1nc(Oc2cc(Cl)ccc2Cl)ccc1CN. The number of ether oxygens (including phenoxy) is 1. The fraction of sp³-hybridized carbons (Fsp3) is 0.154. The predicted molar refractivity (Wildman–Crippen MR) is 73.4 cm³/mol. The highest BCUT2D eigenvalue weighted by molar-refractivity contribution is 6.34. The molecule has 2 rings (SSSR count). The molecule has 3 nitrogen and oxygen atoms in total. The van der Waals surface area contributed by atoms with Crippen LogP contribution in [0.5, 0.6) is 11.6 Å². The highest BCUT2D eigenvalue weighted by atomic mass is 35.5. The minimum atomic E-state index is 0.455. The molecule has 0 saturated carbocycles. The van der Waals surface area contributed by atoms with Gasteiger partial charge < -0.3 is 10.5 Å². The zero-order valence-electron chi connectivity index (χ0n) is 9.78. The molecule has 0 amide bonds. The number of halogens is 2. The van der Waals surface area contributed by atoms with Crippen molar-refractivity contribution in [1.29, 1.82) is 0 Å². The number of rotatable bonds is 3. The number of nitrogens with two attached hydrogens (primary N) is 1. The van der Waals surface area contributed by atoms with E-state index in [0.29, 0.717) is 28.2 Å². The van der Waals surface area contributed by atoms with Crippen LogP contribution in [0, 0.1) is 6.92 Å². The Morgan fingerprint density at radius 2 is 2.00 bits per heavy atom. The van der Waals surface area contributed by atoms with E-state index >= 15 is 0 Å². The number of aromatic nitrogens is 1. The third-order valence-electron chi connectivity index (χ3n) is 2.50. The van der Waals surface area contributed by atoms with Gasteiger partial charge in [0, 0.05) is 29.4 Å². The van der Waals surface area contributed by atoms with Gasteiger partial charge in [-0.1, -0.05) is 29.3 Å². The Morgan fingerprint density at radius 1 is 1.22 bits per heavy atom. The number of pyridine rings is 1. The second-order valence-electron chi connectivity index (χ2n) is 3.77. The van der Waals surface area contributed by atoms with Gasteiger partial charge in [-0.2, -0.15) is 0 Å². The summed E-state index contributed by atoms with van der Waals surface area (Å²) in [6.07, 6.45) is 0. The Kier molecular flexibility index (Phi) is 4.07. The van der Waals surface area contributed by atoms with Crippen LogP contribution in [-0.4, -0.2) is 4.98 Å². The van der Waals surface area contributed by atoms with Crippen molar-refractivity contribution in [2.75, 3.05) is 0 Å². The van der Waals surface area contributed by atoms with Gasteiger partial charge in [0.2, 0.25) is 5.88 Å². The average Bonchev–Trinajstić information content (AvgIpc) is 2.34. The van der Waals surface area contributed by atoms with Crippen molar-refractivity contribution < 1.29 is 4.74 Å². The van der Waals surface area contributed by atoms with Gasteiger partial charge in [0.25, 0.3) is 0 Å². The maximum atomic E-state index is 6.01. The molecule has 0 radical (unpaired) electrons. The summed E-state index contributed by atoms with van der Waals surface area (Å²) < 4.78 is 5.60. The number of benzene rings is 1. The fourth-order valence-electron chi connectivity index (χ4n) is 1.51. The van der Waals surface area contributed by atoms with Crippen LogP contribution in [-0.2, 0) is 6.54 Å². The summed E-state index contributed by atoms with van der Waals surface area (Å²) in [5.41, 5.74) is 7.40. The molecule has 0 atom stereocenters. The maximum absolute atomic E-state index is 6.01. The molecule has 0 aliphatic carbocycles. The van der Waals surface area contributed by atoms with E-state index in [-0.39, 0.29) is 0 Å². The Hall–Kier alpha value is -1.29. The molecular formula is C13H12Cl2N2O. The van der Waals surface area contributed by atoms with E-state index in [4.69, 9.17) is 33.7 Å². The molecule has 0 bridgehead atoms. The largest absolute Gasteiger partial charge is 0.437 e. The van der Waals surface area contributed by atoms with Crippen LogP contribution < -0.4 is 10.5 Å². The quantitative estimate of drug-likeness (QED) is 0.927. The first-order valence-electron chi connectivity index (χ1n) is 5.39. The van der Waals surface area contributed by atoms with Gasteiger partial charge in [0.1, 0.15) is 5.75 Å². The normalized spacial score (nSPS) is 10.4. The Labute approximate surface area is 115 Å².